The number of anilines is 2. The molecule has 0 saturated carbocycles. The molecule has 0 aromatic heterocycles. The maximum atomic E-state index is 13.0. The van der Waals surface area contributed by atoms with Crippen molar-refractivity contribution in [2.24, 2.45) is 4.99 Å². The van der Waals surface area contributed by atoms with Crippen LogP contribution in [0.1, 0.15) is 6.42 Å². The Kier molecular flexibility index (Phi) is 5.41. The van der Waals surface area contributed by atoms with Crippen LogP contribution in [0.2, 0.25) is 0 Å². The third-order valence-corrected chi connectivity index (χ3v) is 5.02. The second-order valence-electron chi connectivity index (χ2n) is 7.03. The van der Waals surface area contributed by atoms with E-state index in [0.717, 1.165) is 13.1 Å². The highest BCUT2D eigenvalue weighted by Gasteiger charge is 2.30. The molecule has 2 aliphatic rings. The Bertz CT molecular complexity index is 908. The van der Waals surface area contributed by atoms with Gasteiger partial charge in [-0.15, -0.1) is 0 Å². The van der Waals surface area contributed by atoms with Crippen LogP contribution in [-0.2, 0) is 9.59 Å². The third kappa shape index (κ3) is 4.53. The zero-order valence-corrected chi connectivity index (χ0v) is 15.8. The average Bonchev–Trinajstić information content (AvgIpc) is 2.75. The minimum atomic E-state index is -0.809. The number of amides is 2. The van der Waals surface area contributed by atoms with E-state index in [1.807, 2.05) is 23.1 Å². The number of guanidine groups is 1. The monoisotopic (exact) mass is 395 g/mol. The van der Waals surface area contributed by atoms with Gasteiger partial charge >= 0.3 is 0 Å². The van der Waals surface area contributed by atoms with Crippen molar-refractivity contribution in [1.82, 2.24) is 10.2 Å². The van der Waals surface area contributed by atoms with Crippen molar-refractivity contribution < 1.29 is 14.0 Å². The highest BCUT2D eigenvalue weighted by Crippen LogP contribution is 2.17. The number of hydrogen-bond acceptors (Lipinski definition) is 5. The van der Waals surface area contributed by atoms with E-state index in [9.17, 15) is 14.0 Å². The van der Waals surface area contributed by atoms with Crippen molar-refractivity contribution in [3.63, 3.8) is 0 Å². The summed E-state index contributed by atoms with van der Waals surface area (Å²) < 4.78 is 13.0. The highest BCUT2D eigenvalue weighted by molar-refractivity contribution is 6.06. The van der Waals surface area contributed by atoms with E-state index >= 15 is 0 Å². The van der Waals surface area contributed by atoms with Crippen LogP contribution in [-0.4, -0.2) is 54.9 Å². The molecule has 2 aliphatic heterocycles. The van der Waals surface area contributed by atoms with Gasteiger partial charge in [0.25, 0.3) is 0 Å². The average molecular weight is 395 g/mol. The molecule has 29 heavy (non-hydrogen) atoms. The van der Waals surface area contributed by atoms with Crippen LogP contribution in [0.3, 0.4) is 0 Å². The molecule has 0 aliphatic carbocycles. The van der Waals surface area contributed by atoms with Crippen molar-refractivity contribution in [3.05, 3.63) is 60.4 Å². The summed E-state index contributed by atoms with van der Waals surface area (Å²) >= 11 is 0. The van der Waals surface area contributed by atoms with Gasteiger partial charge in [-0.1, -0.05) is 18.2 Å². The van der Waals surface area contributed by atoms with E-state index < -0.39 is 6.04 Å². The molecule has 7 nitrogen and oxygen atoms in total. The molecule has 1 fully saturated rings. The summed E-state index contributed by atoms with van der Waals surface area (Å²) in [6.45, 7) is 2.98. The first kappa shape index (κ1) is 18.9. The third-order valence-electron chi connectivity index (χ3n) is 5.02. The van der Waals surface area contributed by atoms with Crippen LogP contribution in [0.4, 0.5) is 15.8 Å². The lowest BCUT2D eigenvalue weighted by atomic mass is 10.1. The number of rotatable bonds is 3. The Morgan fingerprint density at radius 3 is 2.34 bits per heavy atom. The number of halogens is 1. The van der Waals surface area contributed by atoms with Crippen LogP contribution < -0.4 is 15.5 Å². The summed E-state index contributed by atoms with van der Waals surface area (Å²) in [4.78, 5) is 33.4. The summed E-state index contributed by atoms with van der Waals surface area (Å²) in [6.07, 6.45) is -0.0134. The van der Waals surface area contributed by atoms with Gasteiger partial charge in [-0.3, -0.25) is 14.9 Å². The van der Waals surface area contributed by atoms with Gasteiger partial charge in [-0.25, -0.2) is 9.38 Å². The number of para-hydroxylation sites is 1. The fraction of sp³-hybridized carbons (Fsp3) is 0.286. The lowest BCUT2D eigenvalue weighted by Crippen LogP contribution is -2.56. The number of carbonyl (C=O) groups is 2. The molecule has 0 bridgehead atoms. The second kappa shape index (κ2) is 8.30. The van der Waals surface area contributed by atoms with Gasteiger partial charge in [0.05, 0.1) is 6.42 Å². The topological polar surface area (TPSA) is 77.0 Å². The summed E-state index contributed by atoms with van der Waals surface area (Å²) in [5.41, 5.74) is 1.63. The normalized spacial score (nSPS) is 19.4. The molecule has 2 amide bonds. The Labute approximate surface area is 168 Å². The fourth-order valence-electron chi connectivity index (χ4n) is 3.46. The van der Waals surface area contributed by atoms with Crippen molar-refractivity contribution in [3.8, 4) is 0 Å². The molecule has 2 N–H and O–H groups in total. The number of piperazine rings is 1. The second-order valence-corrected chi connectivity index (χ2v) is 7.03. The van der Waals surface area contributed by atoms with Crippen LogP contribution in [0.15, 0.2) is 59.6 Å². The minimum Gasteiger partial charge on any atom is -0.368 e. The van der Waals surface area contributed by atoms with E-state index in [1.54, 1.807) is 0 Å². The number of carbonyl (C=O) groups excluding carboxylic acids is 2. The molecule has 0 spiro atoms. The fourth-order valence-corrected chi connectivity index (χ4v) is 3.46. The molecule has 2 aromatic carbocycles. The predicted molar refractivity (Wildman–Crippen MR) is 109 cm³/mol. The first-order valence-electron chi connectivity index (χ1n) is 9.57. The quantitative estimate of drug-likeness (QED) is 0.831. The van der Waals surface area contributed by atoms with E-state index in [-0.39, 0.29) is 24.1 Å². The van der Waals surface area contributed by atoms with Gasteiger partial charge in [0, 0.05) is 37.6 Å². The number of aliphatic imine (C=N–C) groups is 1. The van der Waals surface area contributed by atoms with Gasteiger partial charge in [-0.05, 0) is 36.4 Å². The Morgan fingerprint density at radius 1 is 1.00 bits per heavy atom. The minimum absolute atomic E-state index is 0.0134. The van der Waals surface area contributed by atoms with Gasteiger partial charge < -0.3 is 15.1 Å². The van der Waals surface area contributed by atoms with E-state index in [1.165, 1.54) is 30.0 Å². The number of hydrogen-bond donors (Lipinski definition) is 2. The van der Waals surface area contributed by atoms with Gasteiger partial charge in [0.1, 0.15) is 11.9 Å². The Morgan fingerprint density at radius 2 is 1.66 bits per heavy atom. The number of nitrogens with zero attached hydrogens (tertiary/aromatic N) is 3. The largest absolute Gasteiger partial charge is 0.368 e. The maximum Gasteiger partial charge on any atom is 0.249 e. The molecule has 1 saturated heterocycles. The van der Waals surface area contributed by atoms with E-state index in [2.05, 4.69) is 32.7 Å². The first-order chi connectivity index (χ1) is 14.1. The lowest BCUT2D eigenvalue weighted by Gasteiger charge is -2.38. The molecule has 0 radical (unpaired) electrons. The zero-order chi connectivity index (χ0) is 20.2. The van der Waals surface area contributed by atoms with E-state index in [0.29, 0.717) is 24.7 Å². The molecule has 150 valence electrons. The first-order valence-corrected chi connectivity index (χ1v) is 9.57. The maximum absolute atomic E-state index is 13.0. The van der Waals surface area contributed by atoms with Gasteiger partial charge in [0.15, 0.2) is 0 Å². The SMILES string of the molecule is O=C1CC(C(=O)Nc2ccc(F)cc2)N=C(N2CCN(c3ccccc3)CC2)N1. The zero-order valence-electron chi connectivity index (χ0n) is 15.8. The molecular weight excluding hydrogens is 373 g/mol. The number of nitrogens with one attached hydrogen (secondary N) is 2. The smallest absolute Gasteiger partial charge is 0.249 e. The van der Waals surface area contributed by atoms with Gasteiger partial charge in [-0.2, -0.15) is 0 Å². The Balaban J connectivity index is 1.40. The molecule has 8 heteroatoms. The molecule has 1 unspecified atom stereocenters. The lowest BCUT2D eigenvalue weighted by molar-refractivity contribution is -0.125. The van der Waals surface area contributed by atoms with Crippen molar-refractivity contribution >= 4 is 29.1 Å². The standard InChI is InChI=1S/C21H22FN5O2/c22-15-6-8-16(9-7-15)23-20(29)18-14-19(28)25-21(24-18)27-12-10-26(11-13-27)17-4-2-1-3-5-17/h1-9,18H,10-14H2,(H,23,29)(H,24,25,28). The highest BCUT2D eigenvalue weighted by atomic mass is 19.1. The summed E-state index contributed by atoms with van der Waals surface area (Å²) in [6, 6.07) is 14.8. The molecule has 2 heterocycles. The van der Waals surface area contributed by atoms with Crippen molar-refractivity contribution in [2.45, 2.75) is 12.5 Å². The van der Waals surface area contributed by atoms with Crippen molar-refractivity contribution in [2.75, 3.05) is 36.4 Å². The van der Waals surface area contributed by atoms with Gasteiger partial charge in [0.2, 0.25) is 17.8 Å². The van der Waals surface area contributed by atoms with E-state index in [4.69, 9.17) is 0 Å². The van der Waals surface area contributed by atoms with Crippen LogP contribution >= 0.6 is 0 Å². The number of benzene rings is 2. The molecule has 2 aromatic rings. The summed E-state index contributed by atoms with van der Waals surface area (Å²) in [5, 5.41) is 5.48. The summed E-state index contributed by atoms with van der Waals surface area (Å²) in [5.74, 6) is -0.560. The molecular formula is C21H22FN5O2. The van der Waals surface area contributed by atoms with Crippen LogP contribution in [0.5, 0.6) is 0 Å². The molecule has 4 rings (SSSR count). The predicted octanol–water partition coefficient (Wildman–Crippen LogP) is 1.83. The van der Waals surface area contributed by atoms with Crippen LogP contribution in [0, 0.1) is 5.82 Å². The Hall–Kier alpha value is -3.42. The van der Waals surface area contributed by atoms with Crippen LogP contribution in [0.25, 0.3) is 0 Å². The summed E-state index contributed by atoms with van der Waals surface area (Å²) in [7, 11) is 0. The molecule has 1 atom stereocenters. The van der Waals surface area contributed by atoms with Crippen molar-refractivity contribution in [1.29, 1.82) is 0 Å².